The molecule has 0 radical (unpaired) electrons. The van der Waals surface area contributed by atoms with Gasteiger partial charge in [-0.1, -0.05) is 19.4 Å². The zero-order valence-corrected chi connectivity index (χ0v) is 11.6. The van der Waals surface area contributed by atoms with E-state index in [1.54, 1.807) is 36.0 Å². The van der Waals surface area contributed by atoms with Crippen LogP contribution in [-0.2, 0) is 4.79 Å². The fourth-order valence-corrected chi connectivity index (χ4v) is 2.41. The summed E-state index contributed by atoms with van der Waals surface area (Å²) in [5.41, 5.74) is 1.24. The molecule has 1 aromatic carbocycles. The molecular formula is C14H18N2OS. The van der Waals surface area contributed by atoms with Crippen molar-refractivity contribution in [3.8, 4) is 6.07 Å². The third-order valence-electron chi connectivity index (χ3n) is 2.49. The van der Waals surface area contributed by atoms with Gasteiger partial charge in [-0.25, -0.2) is 0 Å². The Morgan fingerprint density at radius 1 is 1.56 bits per heavy atom. The van der Waals surface area contributed by atoms with E-state index in [9.17, 15) is 4.79 Å². The topological polar surface area (TPSA) is 52.9 Å². The van der Waals surface area contributed by atoms with E-state index in [2.05, 4.69) is 18.3 Å². The fraction of sp³-hybridized carbons (Fsp3) is 0.429. The number of rotatable bonds is 6. The van der Waals surface area contributed by atoms with Gasteiger partial charge in [0.2, 0.25) is 5.91 Å². The van der Waals surface area contributed by atoms with Gasteiger partial charge >= 0.3 is 0 Å². The lowest BCUT2D eigenvalue weighted by Gasteiger charge is -2.11. The third-order valence-corrected chi connectivity index (χ3v) is 3.73. The van der Waals surface area contributed by atoms with Crippen LogP contribution in [0.25, 0.3) is 0 Å². The maximum absolute atomic E-state index is 11.9. The minimum Gasteiger partial charge on any atom is -0.325 e. The summed E-state index contributed by atoms with van der Waals surface area (Å²) >= 11 is 1.66. The van der Waals surface area contributed by atoms with E-state index >= 15 is 0 Å². The Bertz CT molecular complexity index is 440. The number of anilines is 1. The third kappa shape index (κ3) is 4.80. The number of carbonyl (C=O) groups is 1. The maximum Gasteiger partial charge on any atom is 0.237 e. The Balaban J connectivity index is 2.50. The maximum atomic E-state index is 11.9. The zero-order chi connectivity index (χ0) is 13.4. The highest BCUT2D eigenvalue weighted by Crippen LogP contribution is 2.16. The summed E-state index contributed by atoms with van der Waals surface area (Å²) in [7, 11) is 0. The van der Waals surface area contributed by atoms with E-state index in [0.717, 1.165) is 18.6 Å². The van der Waals surface area contributed by atoms with Crippen molar-refractivity contribution in [2.75, 3.05) is 11.1 Å². The van der Waals surface area contributed by atoms with Crippen molar-refractivity contribution in [3.63, 3.8) is 0 Å². The summed E-state index contributed by atoms with van der Waals surface area (Å²) in [4.78, 5) is 11.9. The van der Waals surface area contributed by atoms with Gasteiger partial charge in [0.1, 0.15) is 0 Å². The first-order valence-corrected chi connectivity index (χ1v) is 7.15. The summed E-state index contributed by atoms with van der Waals surface area (Å²) in [6.45, 7) is 4.04. The molecule has 0 bridgehead atoms. The normalized spacial score (nSPS) is 11.6. The van der Waals surface area contributed by atoms with Crippen LogP contribution in [0.15, 0.2) is 24.3 Å². The number of hydrogen-bond acceptors (Lipinski definition) is 3. The molecule has 1 unspecified atom stereocenters. The van der Waals surface area contributed by atoms with Gasteiger partial charge in [-0.2, -0.15) is 5.26 Å². The molecule has 1 atom stereocenters. The molecule has 3 nitrogen and oxygen atoms in total. The van der Waals surface area contributed by atoms with Crippen LogP contribution in [0, 0.1) is 11.3 Å². The largest absolute Gasteiger partial charge is 0.325 e. The summed E-state index contributed by atoms with van der Waals surface area (Å²) in [6.07, 6.45) is 2.28. The smallest absolute Gasteiger partial charge is 0.237 e. The number of thioether (sulfide) groups is 1. The molecule has 1 rings (SSSR count). The summed E-state index contributed by atoms with van der Waals surface area (Å²) in [5, 5.41) is 11.5. The molecule has 0 aliphatic heterocycles. The first kappa shape index (κ1) is 14.6. The van der Waals surface area contributed by atoms with E-state index in [1.165, 1.54) is 0 Å². The highest BCUT2D eigenvalue weighted by atomic mass is 32.2. The Morgan fingerprint density at radius 3 is 3.00 bits per heavy atom. The molecule has 0 aliphatic rings. The Kier molecular flexibility index (Phi) is 6.31. The molecule has 96 valence electrons. The second kappa shape index (κ2) is 7.78. The van der Waals surface area contributed by atoms with Gasteiger partial charge in [-0.3, -0.25) is 4.79 Å². The number of nitriles is 1. The quantitative estimate of drug-likeness (QED) is 0.799. The Morgan fingerprint density at radius 2 is 2.33 bits per heavy atom. The minimum atomic E-state index is -0.0673. The molecule has 0 aromatic heterocycles. The van der Waals surface area contributed by atoms with E-state index in [1.807, 2.05) is 6.92 Å². The molecule has 1 amide bonds. The van der Waals surface area contributed by atoms with Crippen LogP contribution in [0.1, 0.15) is 32.3 Å². The molecule has 0 fully saturated rings. The number of unbranched alkanes of at least 4 members (excludes halogenated alkanes) is 1. The highest BCUT2D eigenvalue weighted by molar-refractivity contribution is 8.00. The van der Waals surface area contributed by atoms with Crippen molar-refractivity contribution in [1.29, 1.82) is 5.26 Å². The van der Waals surface area contributed by atoms with Gasteiger partial charge in [0.05, 0.1) is 16.9 Å². The van der Waals surface area contributed by atoms with Crippen LogP contribution in [0.5, 0.6) is 0 Å². The van der Waals surface area contributed by atoms with E-state index in [4.69, 9.17) is 5.26 Å². The average Bonchev–Trinajstić information content (AvgIpc) is 2.39. The zero-order valence-electron chi connectivity index (χ0n) is 10.8. The molecule has 0 heterocycles. The van der Waals surface area contributed by atoms with Gasteiger partial charge in [0.15, 0.2) is 0 Å². The number of nitrogens with zero attached hydrogens (tertiary/aromatic N) is 1. The van der Waals surface area contributed by atoms with Gasteiger partial charge in [-0.15, -0.1) is 11.8 Å². The first-order chi connectivity index (χ1) is 8.67. The molecule has 4 heteroatoms. The van der Waals surface area contributed by atoms with E-state index in [0.29, 0.717) is 11.3 Å². The number of hydrogen-bond donors (Lipinski definition) is 1. The lowest BCUT2D eigenvalue weighted by atomic mass is 10.2. The Hall–Kier alpha value is -1.47. The molecule has 18 heavy (non-hydrogen) atoms. The molecule has 0 spiro atoms. The van der Waals surface area contributed by atoms with E-state index in [-0.39, 0.29) is 11.2 Å². The SMILES string of the molecule is CCCCSC(C)C(=O)Nc1cccc(C#N)c1. The number of amides is 1. The van der Waals surface area contributed by atoms with Gasteiger partial charge in [0, 0.05) is 5.69 Å². The van der Waals surface area contributed by atoms with Crippen molar-refractivity contribution in [2.24, 2.45) is 0 Å². The molecule has 1 aromatic rings. The van der Waals surface area contributed by atoms with Gasteiger partial charge < -0.3 is 5.32 Å². The van der Waals surface area contributed by atoms with Crippen LogP contribution in [0.4, 0.5) is 5.69 Å². The first-order valence-electron chi connectivity index (χ1n) is 6.10. The molecule has 1 N–H and O–H groups in total. The monoisotopic (exact) mass is 262 g/mol. The minimum absolute atomic E-state index is 0.00815. The second-order valence-corrected chi connectivity index (χ2v) is 5.50. The van der Waals surface area contributed by atoms with Crippen LogP contribution >= 0.6 is 11.8 Å². The van der Waals surface area contributed by atoms with Gasteiger partial charge in [0.25, 0.3) is 0 Å². The van der Waals surface area contributed by atoms with E-state index < -0.39 is 0 Å². The molecule has 0 saturated carbocycles. The molecule has 0 aliphatic carbocycles. The summed E-state index contributed by atoms with van der Waals surface area (Å²) in [5.74, 6) is 0.995. The predicted molar refractivity (Wildman–Crippen MR) is 76.6 cm³/mol. The van der Waals surface area contributed by atoms with Crippen LogP contribution in [0.3, 0.4) is 0 Å². The number of carbonyl (C=O) groups excluding carboxylic acids is 1. The van der Waals surface area contributed by atoms with Crippen molar-refractivity contribution in [2.45, 2.75) is 31.9 Å². The van der Waals surface area contributed by atoms with Crippen molar-refractivity contribution in [1.82, 2.24) is 0 Å². The second-order valence-electron chi connectivity index (χ2n) is 4.05. The van der Waals surface area contributed by atoms with Crippen molar-refractivity contribution >= 4 is 23.4 Å². The average molecular weight is 262 g/mol. The molecule has 0 saturated heterocycles. The van der Waals surface area contributed by atoms with Gasteiger partial charge in [-0.05, 0) is 37.3 Å². The lowest BCUT2D eigenvalue weighted by molar-refractivity contribution is -0.115. The highest BCUT2D eigenvalue weighted by Gasteiger charge is 2.13. The van der Waals surface area contributed by atoms with Crippen LogP contribution in [0.2, 0.25) is 0 Å². The van der Waals surface area contributed by atoms with Crippen molar-refractivity contribution in [3.05, 3.63) is 29.8 Å². The predicted octanol–water partition coefficient (Wildman–Crippen LogP) is 3.42. The van der Waals surface area contributed by atoms with Crippen LogP contribution in [-0.4, -0.2) is 16.9 Å². The fourth-order valence-electron chi connectivity index (χ4n) is 1.39. The summed E-state index contributed by atoms with van der Waals surface area (Å²) in [6, 6.07) is 9.02. The summed E-state index contributed by atoms with van der Waals surface area (Å²) < 4.78 is 0. The Labute approximate surface area is 113 Å². The lowest BCUT2D eigenvalue weighted by Crippen LogP contribution is -2.22. The number of nitrogens with one attached hydrogen (secondary N) is 1. The molecular weight excluding hydrogens is 244 g/mol. The standard InChI is InChI=1S/C14H18N2OS/c1-3-4-8-18-11(2)14(17)16-13-7-5-6-12(9-13)10-15/h5-7,9,11H,3-4,8H2,1-2H3,(H,16,17). The number of benzene rings is 1. The van der Waals surface area contributed by atoms with Crippen molar-refractivity contribution < 1.29 is 4.79 Å². The van der Waals surface area contributed by atoms with Crippen LogP contribution < -0.4 is 5.32 Å².